The Hall–Kier alpha value is -1.42. The minimum Gasteiger partial charge on any atom is -0.369 e. The van der Waals surface area contributed by atoms with Crippen molar-refractivity contribution < 1.29 is 4.79 Å². The molecule has 1 aromatic rings. The van der Waals surface area contributed by atoms with Crippen LogP contribution in [0.2, 0.25) is 0 Å². The highest BCUT2D eigenvalue weighted by Crippen LogP contribution is 2.36. The van der Waals surface area contributed by atoms with Crippen LogP contribution in [0, 0.1) is 0 Å². The summed E-state index contributed by atoms with van der Waals surface area (Å²) in [6.45, 7) is 0. The lowest BCUT2D eigenvalue weighted by Crippen LogP contribution is -2.30. The lowest BCUT2D eigenvalue weighted by atomic mass is 10.0. The quantitative estimate of drug-likeness (QED) is 0.698. The van der Waals surface area contributed by atoms with Gasteiger partial charge in [0.15, 0.2) is 0 Å². The van der Waals surface area contributed by atoms with Crippen LogP contribution in [0.5, 0.6) is 0 Å². The second-order valence-electron chi connectivity index (χ2n) is 3.29. The number of primary amides is 1. The first-order valence-corrected chi connectivity index (χ1v) is 4.69. The van der Waals surface area contributed by atoms with Gasteiger partial charge in [0.2, 0.25) is 5.91 Å². The number of benzene rings is 1. The molecule has 72 valence electrons. The van der Waals surface area contributed by atoms with E-state index < -0.39 is 5.92 Å². The molecule has 0 aliphatic carbocycles. The monoisotopic (exact) mass is 206 g/mol. The topological polar surface area (TPSA) is 46.3 Å². The molecule has 0 bridgehead atoms. The highest BCUT2D eigenvalue weighted by atomic mass is 32.1. The molecule has 1 aromatic carbocycles. The van der Waals surface area contributed by atoms with Gasteiger partial charge in [0, 0.05) is 12.7 Å². The van der Waals surface area contributed by atoms with Gasteiger partial charge in [-0.2, -0.15) is 0 Å². The fourth-order valence-electron chi connectivity index (χ4n) is 1.76. The molecule has 0 spiro atoms. The Balaban J connectivity index is 2.59. The van der Waals surface area contributed by atoms with E-state index in [-0.39, 0.29) is 5.91 Å². The highest BCUT2D eigenvalue weighted by molar-refractivity contribution is 7.80. The molecule has 1 unspecified atom stereocenters. The minimum absolute atomic E-state index is 0.383. The number of amides is 1. The standard InChI is InChI=1S/C10H10N2OS/c1-12-7-5-3-2-4-6(7)8(9(11)13)10(12)14/h2-5,8H,1H3,(H2,11,13). The van der Waals surface area contributed by atoms with Crippen LogP contribution >= 0.6 is 12.2 Å². The van der Waals surface area contributed by atoms with Gasteiger partial charge in [-0.3, -0.25) is 4.79 Å². The summed E-state index contributed by atoms with van der Waals surface area (Å²) in [5.41, 5.74) is 7.20. The zero-order valence-electron chi connectivity index (χ0n) is 7.73. The number of nitrogens with two attached hydrogens (primary N) is 1. The number of para-hydroxylation sites is 1. The zero-order valence-corrected chi connectivity index (χ0v) is 8.54. The van der Waals surface area contributed by atoms with Gasteiger partial charge in [-0.1, -0.05) is 30.4 Å². The number of nitrogens with zero attached hydrogens (tertiary/aromatic N) is 1. The highest BCUT2D eigenvalue weighted by Gasteiger charge is 2.35. The molecule has 1 aliphatic rings. The maximum absolute atomic E-state index is 11.2. The number of thiocarbonyl (C=S) groups is 1. The van der Waals surface area contributed by atoms with Crippen molar-refractivity contribution in [2.45, 2.75) is 5.92 Å². The molecule has 2 N–H and O–H groups in total. The molecule has 0 aromatic heterocycles. The van der Waals surface area contributed by atoms with Crippen LogP contribution in [0.4, 0.5) is 5.69 Å². The molecule has 0 radical (unpaired) electrons. The van der Waals surface area contributed by atoms with Crippen molar-refractivity contribution in [1.82, 2.24) is 0 Å². The van der Waals surface area contributed by atoms with Gasteiger partial charge in [0.25, 0.3) is 0 Å². The van der Waals surface area contributed by atoms with Crippen LogP contribution in [0.1, 0.15) is 11.5 Å². The molecule has 1 aliphatic heterocycles. The normalized spacial score (nSPS) is 19.6. The van der Waals surface area contributed by atoms with Crippen LogP contribution in [-0.4, -0.2) is 17.9 Å². The smallest absolute Gasteiger partial charge is 0.231 e. The number of anilines is 1. The van der Waals surface area contributed by atoms with Crippen LogP contribution in [0.25, 0.3) is 0 Å². The largest absolute Gasteiger partial charge is 0.369 e. The van der Waals surface area contributed by atoms with Crippen LogP contribution in [-0.2, 0) is 4.79 Å². The third-order valence-corrected chi connectivity index (χ3v) is 2.98. The maximum atomic E-state index is 11.2. The van der Waals surface area contributed by atoms with Gasteiger partial charge < -0.3 is 10.6 Å². The maximum Gasteiger partial charge on any atom is 0.231 e. The first kappa shape index (κ1) is 9.15. The number of rotatable bonds is 1. The molecule has 1 atom stereocenters. The second-order valence-corrected chi connectivity index (χ2v) is 3.71. The predicted octanol–water partition coefficient (Wildman–Crippen LogP) is 1.03. The summed E-state index contributed by atoms with van der Waals surface area (Å²) in [5, 5.41) is 0. The zero-order chi connectivity index (χ0) is 10.3. The Labute approximate surface area is 87.5 Å². The van der Waals surface area contributed by atoms with Gasteiger partial charge in [0.1, 0.15) is 5.92 Å². The first-order valence-electron chi connectivity index (χ1n) is 4.28. The Morgan fingerprint density at radius 3 is 2.79 bits per heavy atom. The third kappa shape index (κ3) is 1.11. The van der Waals surface area contributed by atoms with Crippen LogP contribution in [0.15, 0.2) is 24.3 Å². The Kier molecular flexibility index (Phi) is 2.00. The Morgan fingerprint density at radius 2 is 2.14 bits per heavy atom. The van der Waals surface area contributed by atoms with Crippen molar-refractivity contribution in [3.05, 3.63) is 29.8 Å². The van der Waals surface area contributed by atoms with Crippen LogP contribution < -0.4 is 10.6 Å². The Bertz CT molecular complexity index is 416. The van der Waals surface area contributed by atoms with Crippen molar-refractivity contribution >= 4 is 28.8 Å². The van der Waals surface area contributed by atoms with E-state index in [0.717, 1.165) is 11.3 Å². The number of fused-ring (bicyclic) bond motifs is 1. The van der Waals surface area contributed by atoms with E-state index in [2.05, 4.69) is 0 Å². The molecular weight excluding hydrogens is 196 g/mol. The van der Waals surface area contributed by atoms with Crippen molar-refractivity contribution in [1.29, 1.82) is 0 Å². The van der Waals surface area contributed by atoms with Gasteiger partial charge in [-0.15, -0.1) is 0 Å². The summed E-state index contributed by atoms with van der Waals surface area (Å²) in [5.74, 6) is -0.821. The second kappa shape index (κ2) is 3.06. The van der Waals surface area contributed by atoms with E-state index in [1.54, 1.807) is 0 Å². The minimum atomic E-state index is -0.439. The molecule has 2 rings (SSSR count). The van der Waals surface area contributed by atoms with E-state index in [9.17, 15) is 4.79 Å². The molecule has 1 heterocycles. The fourth-order valence-corrected chi connectivity index (χ4v) is 2.10. The third-order valence-electron chi connectivity index (χ3n) is 2.47. The summed E-state index contributed by atoms with van der Waals surface area (Å²) in [4.78, 5) is 13.6. The number of carbonyl (C=O) groups excluding carboxylic acids is 1. The van der Waals surface area contributed by atoms with Crippen molar-refractivity contribution in [3.63, 3.8) is 0 Å². The number of likely N-dealkylation sites (N-methyl/N-ethyl adjacent to an activating group) is 1. The summed E-state index contributed by atoms with van der Waals surface area (Å²) in [6.07, 6.45) is 0. The van der Waals surface area contributed by atoms with E-state index >= 15 is 0 Å². The summed E-state index contributed by atoms with van der Waals surface area (Å²) < 4.78 is 0. The summed E-state index contributed by atoms with van der Waals surface area (Å²) in [7, 11) is 1.85. The lowest BCUT2D eigenvalue weighted by molar-refractivity contribution is -0.117. The van der Waals surface area contributed by atoms with E-state index in [1.165, 1.54) is 0 Å². The van der Waals surface area contributed by atoms with Gasteiger partial charge in [-0.05, 0) is 11.6 Å². The summed E-state index contributed by atoms with van der Waals surface area (Å²) >= 11 is 5.17. The molecule has 4 heteroatoms. The van der Waals surface area contributed by atoms with Crippen molar-refractivity contribution in [3.8, 4) is 0 Å². The van der Waals surface area contributed by atoms with Crippen molar-refractivity contribution in [2.75, 3.05) is 11.9 Å². The number of hydrogen-bond acceptors (Lipinski definition) is 2. The summed E-state index contributed by atoms with van der Waals surface area (Å²) in [6, 6.07) is 7.63. The lowest BCUT2D eigenvalue weighted by Gasteiger charge is -2.12. The molecule has 14 heavy (non-hydrogen) atoms. The predicted molar refractivity (Wildman–Crippen MR) is 59.4 cm³/mol. The van der Waals surface area contributed by atoms with Crippen molar-refractivity contribution in [2.24, 2.45) is 5.73 Å². The van der Waals surface area contributed by atoms with E-state index in [1.807, 2.05) is 36.2 Å². The first-order chi connectivity index (χ1) is 6.63. The molecule has 0 saturated heterocycles. The van der Waals surface area contributed by atoms with Gasteiger partial charge >= 0.3 is 0 Å². The molecule has 3 nitrogen and oxygen atoms in total. The molecule has 0 fully saturated rings. The van der Waals surface area contributed by atoms with Gasteiger partial charge in [0.05, 0.1) is 4.99 Å². The van der Waals surface area contributed by atoms with E-state index in [4.69, 9.17) is 18.0 Å². The Morgan fingerprint density at radius 1 is 1.50 bits per heavy atom. The molecular formula is C10H10N2OS. The molecule has 0 saturated carbocycles. The number of carbonyl (C=O) groups is 1. The van der Waals surface area contributed by atoms with E-state index in [0.29, 0.717) is 4.99 Å². The number of hydrogen-bond donors (Lipinski definition) is 1. The average Bonchev–Trinajstić information content (AvgIpc) is 2.41. The SMILES string of the molecule is CN1C(=S)C(C(N)=O)c2ccccc21. The fraction of sp³-hybridized carbons (Fsp3) is 0.200. The van der Waals surface area contributed by atoms with Gasteiger partial charge in [-0.25, -0.2) is 0 Å². The molecule has 1 amide bonds. The average molecular weight is 206 g/mol. The van der Waals surface area contributed by atoms with Crippen LogP contribution in [0.3, 0.4) is 0 Å².